The number of halogens is 1. The Labute approximate surface area is 136 Å². The molecule has 0 aliphatic carbocycles. The van der Waals surface area contributed by atoms with Crippen molar-refractivity contribution < 1.29 is 9.18 Å². The quantitative estimate of drug-likeness (QED) is 0.828. The van der Waals surface area contributed by atoms with E-state index in [1.165, 1.54) is 25.5 Å². The molecular weight excluding hydrogens is 291 g/mol. The molecule has 0 spiro atoms. The third-order valence-corrected chi connectivity index (χ3v) is 4.34. The zero-order valence-electron chi connectivity index (χ0n) is 13.2. The Morgan fingerprint density at radius 3 is 2.52 bits per heavy atom. The molecule has 0 N–H and O–H groups in total. The molecule has 1 saturated heterocycles. The van der Waals surface area contributed by atoms with Gasteiger partial charge < -0.3 is 4.90 Å². The first-order valence-corrected chi connectivity index (χ1v) is 8.25. The molecule has 1 aromatic heterocycles. The SMILES string of the molecule is O=C(c1cccc(-c2ccncc2F)c1)N1CCCCCCC1. The van der Waals surface area contributed by atoms with Crippen LogP contribution in [0.5, 0.6) is 0 Å². The Morgan fingerprint density at radius 1 is 1.04 bits per heavy atom. The highest BCUT2D eigenvalue weighted by Gasteiger charge is 2.17. The summed E-state index contributed by atoms with van der Waals surface area (Å²) in [7, 11) is 0. The van der Waals surface area contributed by atoms with Crippen LogP contribution in [-0.4, -0.2) is 28.9 Å². The number of amides is 1. The minimum Gasteiger partial charge on any atom is -0.339 e. The molecule has 1 aliphatic heterocycles. The van der Waals surface area contributed by atoms with Crippen molar-refractivity contribution in [3.63, 3.8) is 0 Å². The van der Waals surface area contributed by atoms with E-state index in [-0.39, 0.29) is 11.7 Å². The zero-order chi connectivity index (χ0) is 16.1. The number of likely N-dealkylation sites (tertiary alicyclic amines) is 1. The molecule has 4 heteroatoms. The summed E-state index contributed by atoms with van der Waals surface area (Å²) >= 11 is 0. The number of hydrogen-bond donors (Lipinski definition) is 0. The lowest BCUT2D eigenvalue weighted by Crippen LogP contribution is -2.33. The molecule has 0 unspecified atom stereocenters. The average Bonchev–Trinajstić information content (AvgIpc) is 2.55. The molecule has 0 radical (unpaired) electrons. The number of aromatic nitrogens is 1. The van der Waals surface area contributed by atoms with Gasteiger partial charge in [-0.3, -0.25) is 9.78 Å². The highest BCUT2D eigenvalue weighted by Crippen LogP contribution is 2.23. The van der Waals surface area contributed by atoms with Crippen molar-refractivity contribution in [3.8, 4) is 11.1 Å². The van der Waals surface area contributed by atoms with Crippen molar-refractivity contribution in [3.05, 3.63) is 54.1 Å². The van der Waals surface area contributed by atoms with E-state index < -0.39 is 0 Å². The van der Waals surface area contributed by atoms with E-state index >= 15 is 0 Å². The predicted molar refractivity (Wildman–Crippen MR) is 88.6 cm³/mol. The molecule has 3 rings (SSSR count). The van der Waals surface area contributed by atoms with Crippen LogP contribution in [0.15, 0.2) is 42.7 Å². The van der Waals surface area contributed by atoms with Crippen LogP contribution in [0.2, 0.25) is 0 Å². The van der Waals surface area contributed by atoms with E-state index in [1.807, 2.05) is 23.1 Å². The minimum atomic E-state index is -0.372. The fraction of sp³-hybridized carbons (Fsp3) is 0.368. The van der Waals surface area contributed by atoms with E-state index in [4.69, 9.17) is 0 Å². The largest absolute Gasteiger partial charge is 0.339 e. The first-order chi connectivity index (χ1) is 11.3. The number of hydrogen-bond acceptors (Lipinski definition) is 2. The summed E-state index contributed by atoms with van der Waals surface area (Å²) in [6, 6.07) is 8.85. The lowest BCUT2D eigenvalue weighted by Gasteiger charge is -2.25. The Bertz CT molecular complexity index is 679. The molecule has 1 fully saturated rings. The van der Waals surface area contributed by atoms with Crippen LogP contribution in [-0.2, 0) is 0 Å². The van der Waals surface area contributed by atoms with Gasteiger partial charge in [0.15, 0.2) is 0 Å². The van der Waals surface area contributed by atoms with E-state index in [0.717, 1.165) is 25.9 Å². The van der Waals surface area contributed by atoms with Crippen molar-refractivity contribution in [1.82, 2.24) is 9.88 Å². The molecule has 0 saturated carbocycles. The van der Waals surface area contributed by atoms with Gasteiger partial charge in [0.2, 0.25) is 0 Å². The lowest BCUT2D eigenvalue weighted by atomic mass is 10.0. The maximum Gasteiger partial charge on any atom is 0.253 e. The molecule has 2 heterocycles. The summed E-state index contributed by atoms with van der Waals surface area (Å²) < 4.78 is 13.9. The van der Waals surface area contributed by atoms with Crippen molar-refractivity contribution in [2.75, 3.05) is 13.1 Å². The molecule has 2 aromatic rings. The zero-order valence-corrected chi connectivity index (χ0v) is 13.2. The van der Waals surface area contributed by atoms with Crippen LogP contribution in [0.25, 0.3) is 11.1 Å². The first kappa shape index (κ1) is 15.7. The van der Waals surface area contributed by atoms with Gasteiger partial charge in [0, 0.05) is 30.4 Å². The van der Waals surface area contributed by atoms with Gasteiger partial charge in [-0.15, -0.1) is 0 Å². The molecular formula is C19H21FN2O. The fourth-order valence-electron chi connectivity index (χ4n) is 3.06. The Kier molecular flexibility index (Phi) is 5.01. The number of carbonyl (C=O) groups is 1. The van der Waals surface area contributed by atoms with Gasteiger partial charge in [0.1, 0.15) is 5.82 Å². The Hall–Kier alpha value is -2.23. The maximum atomic E-state index is 13.9. The van der Waals surface area contributed by atoms with E-state index in [2.05, 4.69) is 4.98 Å². The van der Waals surface area contributed by atoms with Gasteiger partial charge in [-0.05, 0) is 36.6 Å². The molecule has 0 atom stereocenters. The van der Waals surface area contributed by atoms with Crippen molar-refractivity contribution >= 4 is 5.91 Å². The highest BCUT2D eigenvalue weighted by molar-refractivity contribution is 5.95. The molecule has 3 nitrogen and oxygen atoms in total. The molecule has 1 amide bonds. The predicted octanol–water partition coefficient (Wildman–Crippen LogP) is 4.29. The van der Waals surface area contributed by atoms with Crippen LogP contribution >= 0.6 is 0 Å². The number of pyridine rings is 1. The Balaban J connectivity index is 1.84. The fourth-order valence-corrected chi connectivity index (χ4v) is 3.06. The number of benzene rings is 1. The van der Waals surface area contributed by atoms with E-state index in [0.29, 0.717) is 16.7 Å². The second-order valence-electron chi connectivity index (χ2n) is 6.00. The third kappa shape index (κ3) is 3.76. The number of carbonyl (C=O) groups excluding carboxylic acids is 1. The maximum absolute atomic E-state index is 13.9. The number of nitrogens with zero attached hydrogens (tertiary/aromatic N) is 2. The lowest BCUT2D eigenvalue weighted by molar-refractivity contribution is 0.0742. The second kappa shape index (κ2) is 7.36. The minimum absolute atomic E-state index is 0.0446. The Morgan fingerprint density at radius 2 is 1.78 bits per heavy atom. The van der Waals surface area contributed by atoms with Crippen LogP contribution < -0.4 is 0 Å². The normalized spacial score (nSPS) is 15.8. The monoisotopic (exact) mass is 312 g/mol. The third-order valence-electron chi connectivity index (χ3n) is 4.34. The molecule has 0 bridgehead atoms. The van der Waals surface area contributed by atoms with Gasteiger partial charge in [-0.25, -0.2) is 4.39 Å². The summed E-state index contributed by atoms with van der Waals surface area (Å²) in [5.41, 5.74) is 1.81. The molecule has 1 aromatic carbocycles. The van der Waals surface area contributed by atoms with E-state index in [1.54, 1.807) is 18.3 Å². The summed E-state index contributed by atoms with van der Waals surface area (Å²) in [6.45, 7) is 1.62. The smallest absolute Gasteiger partial charge is 0.253 e. The van der Waals surface area contributed by atoms with Crippen molar-refractivity contribution in [2.24, 2.45) is 0 Å². The van der Waals surface area contributed by atoms with Crippen LogP contribution in [0, 0.1) is 5.82 Å². The summed E-state index contributed by atoms with van der Waals surface area (Å²) in [4.78, 5) is 18.5. The molecule has 23 heavy (non-hydrogen) atoms. The van der Waals surface area contributed by atoms with Gasteiger partial charge >= 0.3 is 0 Å². The summed E-state index contributed by atoms with van der Waals surface area (Å²) in [5.74, 6) is -0.327. The average molecular weight is 312 g/mol. The molecule has 120 valence electrons. The van der Waals surface area contributed by atoms with E-state index in [9.17, 15) is 9.18 Å². The number of rotatable bonds is 2. The second-order valence-corrected chi connectivity index (χ2v) is 6.00. The van der Waals surface area contributed by atoms with Crippen molar-refractivity contribution in [2.45, 2.75) is 32.1 Å². The van der Waals surface area contributed by atoms with Crippen LogP contribution in [0.4, 0.5) is 4.39 Å². The van der Waals surface area contributed by atoms with Crippen molar-refractivity contribution in [1.29, 1.82) is 0 Å². The van der Waals surface area contributed by atoms with Gasteiger partial charge in [-0.1, -0.05) is 31.4 Å². The first-order valence-electron chi connectivity index (χ1n) is 8.25. The van der Waals surface area contributed by atoms with Gasteiger partial charge in [0.25, 0.3) is 5.91 Å². The molecule has 1 aliphatic rings. The van der Waals surface area contributed by atoms with Gasteiger partial charge in [0.05, 0.1) is 6.20 Å². The topological polar surface area (TPSA) is 33.2 Å². The van der Waals surface area contributed by atoms with Crippen LogP contribution in [0.1, 0.15) is 42.5 Å². The van der Waals surface area contributed by atoms with Crippen LogP contribution in [0.3, 0.4) is 0 Å². The standard InChI is InChI=1S/C19H21FN2O/c20-18-14-21-10-9-17(18)15-7-6-8-16(13-15)19(23)22-11-4-2-1-3-5-12-22/h6-10,13-14H,1-5,11-12H2. The summed E-state index contributed by atoms with van der Waals surface area (Å²) in [6.07, 6.45) is 8.51. The van der Waals surface area contributed by atoms with Gasteiger partial charge in [-0.2, -0.15) is 0 Å². The highest BCUT2D eigenvalue weighted by atomic mass is 19.1. The summed E-state index contributed by atoms with van der Waals surface area (Å²) in [5, 5.41) is 0.